The largest absolute Gasteiger partial charge is 0.418 e. The van der Waals surface area contributed by atoms with Crippen LogP contribution in [0.2, 0.25) is 0 Å². The van der Waals surface area contributed by atoms with Gasteiger partial charge in [0.15, 0.2) is 5.65 Å². The van der Waals surface area contributed by atoms with Crippen LogP contribution in [0.1, 0.15) is 11.1 Å². The number of aromatic nitrogens is 2. The summed E-state index contributed by atoms with van der Waals surface area (Å²) in [6, 6.07) is 8.34. The molecule has 3 heterocycles. The lowest BCUT2D eigenvalue weighted by Crippen LogP contribution is -2.37. The molecule has 1 fully saturated rings. The Morgan fingerprint density at radius 2 is 1.83 bits per heavy atom. The van der Waals surface area contributed by atoms with Gasteiger partial charge >= 0.3 is 6.18 Å². The number of pyridine rings is 1. The van der Waals surface area contributed by atoms with Gasteiger partial charge in [-0.15, -0.1) is 0 Å². The smallest absolute Gasteiger partial charge is 0.378 e. The highest BCUT2D eigenvalue weighted by atomic mass is 19.4. The van der Waals surface area contributed by atoms with Crippen molar-refractivity contribution in [2.24, 2.45) is 0 Å². The molecule has 1 aliphatic heterocycles. The summed E-state index contributed by atoms with van der Waals surface area (Å²) in [7, 11) is 0. The van der Waals surface area contributed by atoms with Crippen LogP contribution in [-0.4, -0.2) is 35.7 Å². The quantitative estimate of drug-likeness (QED) is 0.723. The summed E-state index contributed by atoms with van der Waals surface area (Å²) in [6.07, 6.45) is -2.89. The Kier molecular flexibility index (Phi) is 4.91. The van der Waals surface area contributed by atoms with Gasteiger partial charge in [-0.2, -0.15) is 13.2 Å². The number of aryl methyl sites for hydroxylation is 1. The van der Waals surface area contributed by atoms with Crippen molar-refractivity contribution in [1.29, 1.82) is 0 Å². The Hall–Kier alpha value is -3.07. The van der Waals surface area contributed by atoms with Crippen molar-refractivity contribution < 1.29 is 17.9 Å². The molecule has 0 unspecified atom stereocenters. The van der Waals surface area contributed by atoms with E-state index in [1.807, 2.05) is 4.90 Å². The van der Waals surface area contributed by atoms with Gasteiger partial charge in [0.05, 0.1) is 30.2 Å². The molecule has 152 valence electrons. The number of nitrogens with one attached hydrogen (secondary N) is 1. The molecule has 4 rings (SSSR count). The van der Waals surface area contributed by atoms with E-state index in [4.69, 9.17) is 4.74 Å². The average molecular weight is 404 g/mol. The Balaban J connectivity index is 1.84. The Labute approximate surface area is 164 Å². The molecule has 9 heteroatoms. The van der Waals surface area contributed by atoms with Crippen molar-refractivity contribution in [2.45, 2.75) is 13.1 Å². The molecule has 29 heavy (non-hydrogen) atoms. The molecule has 1 N–H and O–H groups in total. The maximum atomic E-state index is 13.4. The summed E-state index contributed by atoms with van der Waals surface area (Å²) in [5, 5.41) is 2.83. The standard InChI is InChI=1S/C20H19F3N4O2/c1-13-10-16(24-15-5-3-2-4-14(15)20(21,22)23)19-25-17(11-18(28)27(19)12-13)26-6-8-29-9-7-26/h2-5,10-12,24H,6-9H2,1H3. The average Bonchev–Trinajstić information content (AvgIpc) is 2.69. The fourth-order valence-corrected chi connectivity index (χ4v) is 3.36. The van der Waals surface area contributed by atoms with Gasteiger partial charge in [0.1, 0.15) is 5.82 Å². The zero-order valence-corrected chi connectivity index (χ0v) is 15.7. The molecule has 6 nitrogen and oxygen atoms in total. The van der Waals surface area contributed by atoms with E-state index in [-0.39, 0.29) is 16.9 Å². The molecule has 1 aromatic carbocycles. The fourth-order valence-electron chi connectivity index (χ4n) is 3.36. The van der Waals surface area contributed by atoms with E-state index in [0.717, 1.165) is 6.07 Å². The first kappa shape index (κ1) is 19.3. The van der Waals surface area contributed by atoms with Crippen LogP contribution < -0.4 is 15.8 Å². The van der Waals surface area contributed by atoms with Gasteiger partial charge in [-0.3, -0.25) is 9.20 Å². The zero-order valence-electron chi connectivity index (χ0n) is 15.7. The van der Waals surface area contributed by atoms with Crippen molar-refractivity contribution in [3.05, 3.63) is 64.1 Å². The second-order valence-electron chi connectivity index (χ2n) is 6.85. The number of hydrogen-bond acceptors (Lipinski definition) is 5. The van der Waals surface area contributed by atoms with Gasteiger partial charge in [-0.1, -0.05) is 12.1 Å². The second-order valence-corrected chi connectivity index (χ2v) is 6.85. The van der Waals surface area contributed by atoms with E-state index in [2.05, 4.69) is 10.3 Å². The first-order valence-electron chi connectivity index (χ1n) is 9.13. The number of fused-ring (bicyclic) bond motifs is 1. The summed E-state index contributed by atoms with van der Waals surface area (Å²) in [5.41, 5.74) is 0.125. The van der Waals surface area contributed by atoms with Crippen LogP contribution in [0, 0.1) is 6.92 Å². The predicted molar refractivity (Wildman–Crippen MR) is 104 cm³/mol. The topological polar surface area (TPSA) is 58.9 Å². The van der Waals surface area contributed by atoms with Crippen LogP contribution in [0.15, 0.2) is 47.4 Å². The number of rotatable bonds is 3. The highest BCUT2D eigenvalue weighted by Gasteiger charge is 2.33. The molecule has 1 saturated heterocycles. The van der Waals surface area contributed by atoms with Crippen LogP contribution >= 0.6 is 0 Å². The normalized spacial score (nSPS) is 15.0. The lowest BCUT2D eigenvalue weighted by molar-refractivity contribution is -0.136. The molecule has 0 bridgehead atoms. The number of halogens is 3. The van der Waals surface area contributed by atoms with Crippen LogP contribution in [0.25, 0.3) is 5.65 Å². The minimum atomic E-state index is -4.51. The number of alkyl halides is 3. The molecular formula is C20H19F3N4O2. The molecule has 0 radical (unpaired) electrons. The van der Waals surface area contributed by atoms with E-state index < -0.39 is 11.7 Å². The molecular weight excluding hydrogens is 385 g/mol. The number of ether oxygens (including phenoxy) is 1. The zero-order chi connectivity index (χ0) is 20.6. The molecule has 0 aliphatic carbocycles. The molecule has 2 aromatic heterocycles. The number of benzene rings is 1. The molecule has 1 aliphatic rings. The number of para-hydroxylation sites is 1. The van der Waals surface area contributed by atoms with Crippen LogP contribution in [0.5, 0.6) is 0 Å². The van der Waals surface area contributed by atoms with Crippen molar-refractivity contribution in [3.8, 4) is 0 Å². The third-order valence-corrected chi connectivity index (χ3v) is 4.72. The monoisotopic (exact) mass is 404 g/mol. The molecule has 0 amide bonds. The Morgan fingerprint density at radius 3 is 2.55 bits per heavy atom. The third-order valence-electron chi connectivity index (χ3n) is 4.72. The van der Waals surface area contributed by atoms with Crippen LogP contribution in [0.4, 0.5) is 30.4 Å². The number of hydrogen-bond donors (Lipinski definition) is 1. The molecule has 3 aromatic rings. The third kappa shape index (κ3) is 3.91. The van der Waals surface area contributed by atoms with E-state index in [9.17, 15) is 18.0 Å². The number of morpholine rings is 1. The Bertz CT molecular complexity index is 1110. The van der Waals surface area contributed by atoms with Gasteiger partial charge in [0, 0.05) is 25.4 Å². The van der Waals surface area contributed by atoms with Gasteiger partial charge in [0.2, 0.25) is 0 Å². The SMILES string of the molecule is Cc1cc(Nc2ccccc2C(F)(F)F)c2nc(N3CCOCC3)cc(=O)n2c1. The summed E-state index contributed by atoms with van der Waals surface area (Å²) >= 11 is 0. The van der Waals surface area contributed by atoms with Crippen molar-refractivity contribution in [1.82, 2.24) is 9.38 Å². The Morgan fingerprint density at radius 1 is 1.10 bits per heavy atom. The second kappa shape index (κ2) is 7.40. The molecule has 0 spiro atoms. The lowest BCUT2D eigenvalue weighted by Gasteiger charge is -2.28. The van der Waals surface area contributed by atoms with E-state index in [0.29, 0.717) is 43.4 Å². The van der Waals surface area contributed by atoms with Crippen LogP contribution in [0.3, 0.4) is 0 Å². The van der Waals surface area contributed by atoms with Crippen molar-refractivity contribution >= 4 is 22.8 Å². The summed E-state index contributed by atoms with van der Waals surface area (Å²) in [5.74, 6) is 0.481. The van der Waals surface area contributed by atoms with Gasteiger partial charge in [-0.25, -0.2) is 4.98 Å². The molecule has 0 saturated carbocycles. The highest BCUT2D eigenvalue weighted by molar-refractivity contribution is 5.76. The maximum Gasteiger partial charge on any atom is 0.418 e. The van der Waals surface area contributed by atoms with E-state index in [1.165, 1.54) is 28.7 Å². The van der Waals surface area contributed by atoms with Gasteiger partial charge in [-0.05, 0) is 30.7 Å². The number of nitrogens with zero attached hydrogens (tertiary/aromatic N) is 3. The molecule has 0 atom stereocenters. The maximum absolute atomic E-state index is 13.4. The lowest BCUT2D eigenvalue weighted by atomic mass is 10.1. The highest BCUT2D eigenvalue weighted by Crippen LogP contribution is 2.36. The van der Waals surface area contributed by atoms with E-state index in [1.54, 1.807) is 19.2 Å². The summed E-state index contributed by atoms with van der Waals surface area (Å²) in [6.45, 7) is 4.00. The number of anilines is 3. The van der Waals surface area contributed by atoms with Crippen molar-refractivity contribution in [2.75, 3.05) is 36.5 Å². The first-order chi connectivity index (χ1) is 13.8. The van der Waals surface area contributed by atoms with Crippen LogP contribution in [-0.2, 0) is 10.9 Å². The minimum absolute atomic E-state index is 0.0986. The minimum Gasteiger partial charge on any atom is -0.378 e. The summed E-state index contributed by atoms with van der Waals surface area (Å²) < 4.78 is 46.8. The van der Waals surface area contributed by atoms with E-state index >= 15 is 0 Å². The predicted octanol–water partition coefficient (Wildman–Crippen LogP) is 3.60. The first-order valence-corrected chi connectivity index (χ1v) is 9.13. The van der Waals surface area contributed by atoms with Crippen molar-refractivity contribution in [3.63, 3.8) is 0 Å². The fraction of sp³-hybridized carbons (Fsp3) is 0.300. The summed E-state index contributed by atoms with van der Waals surface area (Å²) in [4.78, 5) is 19.2. The van der Waals surface area contributed by atoms with Gasteiger partial charge in [0.25, 0.3) is 5.56 Å². The van der Waals surface area contributed by atoms with Gasteiger partial charge < -0.3 is 15.0 Å².